The molecule has 3 aliphatic heterocycles. The molecular weight excluding hydrogens is 808 g/mol. The number of ether oxygens (including phenoxy) is 1. The number of urea groups is 1. The number of aliphatic carboxylic acids is 2. The summed E-state index contributed by atoms with van der Waals surface area (Å²) in [5.41, 5.74) is 7.79. The summed E-state index contributed by atoms with van der Waals surface area (Å²) in [6, 6.07) is 6.83. The zero-order valence-electron chi connectivity index (χ0n) is 30.1. The zero-order chi connectivity index (χ0) is 42.2. The number of sulfonamides is 1. The van der Waals surface area contributed by atoms with Crippen LogP contribution in [0.5, 0.6) is 0 Å². The number of hydrogen-bond donors (Lipinski definition) is 5. The van der Waals surface area contributed by atoms with Crippen molar-refractivity contribution >= 4 is 51.4 Å². The number of halogens is 7. The van der Waals surface area contributed by atoms with Crippen molar-refractivity contribution in [1.29, 1.82) is 0 Å². The van der Waals surface area contributed by atoms with E-state index in [1.165, 1.54) is 13.4 Å². The van der Waals surface area contributed by atoms with Gasteiger partial charge >= 0.3 is 36.4 Å². The molecule has 0 aliphatic carbocycles. The maximum atomic E-state index is 13.9. The van der Waals surface area contributed by atoms with Crippen LogP contribution in [0, 0.1) is 17.8 Å². The predicted octanol–water partition coefficient (Wildman–Crippen LogP) is 5.00. The van der Waals surface area contributed by atoms with E-state index in [1.54, 1.807) is 16.4 Å². The van der Waals surface area contributed by atoms with Crippen molar-refractivity contribution in [2.75, 3.05) is 58.0 Å². The highest BCUT2D eigenvalue weighted by molar-refractivity contribution is 7.88. The van der Waals surface area contributed by atoms with Crippen LogP contribution in [0.1, 0.15) is 44.0 Å². The Morgan fingerprint density at radius 1 is 0.946 bits per heavy atom. The second-order valence-corrected chi connectivity index (χ2v) is 15.6. The molecule has 1 aromatic heterocycles. The van der Waals surface area contributed by atoms with Crippen LogP contribution in [0.15, 0.2) is 24.3 Å². The molecule has 56 heavy (non-hydrogen) atoms. The van der Waals surface area contributed by atoms with Gasteiger partial charge in [-0.25, -0.2) is 36.9 Å². The molecule has 3 fully saturated rings. The first-order chi connectivity index (χ1) is 26.0. The number of carboxylic acid groups (broad SMARTS) is 2. The Bertz CT molecular complexity index is 1760. The Morgan fingerprint density at radius 2 is 1.46 bits per heavy atom. The van der Waals surface area contributed by atoms with Crippen molar-refractivity contribution in [3.63, 3.8) is 0 Å². The average Bonchev–Trinajstić information content (AvgIpc) is 3.75. The highest BCUT2D eigenvalue weighted by atomic mass is 35.5. The number of carbonyl (C=O) groups is 4. The summed E-state index contributed by atoms with van der Waals surface area (Å²) in [5, 5.41) is 17.2. The van der Waals surface area contributed by atoms with E-state index >= 15 is 0 Å². The van der Waals surface area contributed by atoms with Gasteiger partial charge in [-0.15, -0.1) is 0 Å². The van der Waals surface area contributed by atoms with Gasteiger partial charge in [0.05, 0.1) is 19.4 Å². The SMILES string of the molecule is COC(=O)Nc1ccc(-c2nc([C@@H]3C[C@H](C4CCN(S(C)(=O)=O)CC4)CN3C(=O)N3CCC(CN)CC3)[nH]c2Cl)cc1.O=C(O)C(F)(F)F.O=C(O)C(F)(F)F. The largest absolute Gasteiger partial charge is 0.490 e. The van der Waals surface area contributed by atoms with Gasteiger partial charge in [-0.3, -0.25) is 5.32 Å². The molecule has 2 aromatic rings. The molecule has 3 amide bonds. The number of methoxy groups -OCH3 is 1. The predicted molar refractivity (Wildman–Crippen MR) is 188 cm³/mol. The third-order valence-corrected chi connectivity index (χ3v) is 11.1. The molecule has 2 atom stereocenters. The van der Waals surface area contributed by atoms with E-state index in [1.807, 2.05) is 21.9 Å². The van der Waals surface area contributed by atoms with Crippen LogP contribution in [-0.4, -0.2) is 132 Å². The lowest BCUT2D eigenvalue weighted by Gasteiger charge is -2.36. The van der Waals surface area contributed by atoms with E-state index in [4.69, 9.17) is 42.1 Å². The summed E-state index contributed by atoms with van der Waals surface area (Å²) in [7, 11) is -1.91. The lowest BCUT2D eigenvalue weighted by atomic mass is 9.83. The van der Waals surface area contributed by atoms with Gasteiger partial charge in [-0.2, -0.15) is 26.3 Å². The molecule has 6 N–H and O–H groups in total. The van der Waals surface area contributed by atoms with Gasteiger partial charge in [-0.05, 0) is 68.5 Å². The molecular formula is C32H42ClF6N7O9S. The number of aromatic amines is 1. The first-order valence-corrected chi connectivity index (χ1v) is 19.2. The minimum absolute atomic E-state index is 0.00106. The third-order valence-electron chi connectivity index (χ3n) is 9.50. The number of nitrogens with zero attached hydrogens (tertiary/aromatic N) is 4. The minimum Gasteiger partial charge on any atom is -0.475 e. The number of amides is 3. The van der Waals surface area contributed by atoms with Crippen LogP contribution in [0.25, 0.3) is 11.3 Å². The fourth-order valence-corrected chi connectivity index (χ4v) is 7.62. The molecule has 0 radical (unpaired) electrons. The van der Waals surface area contributed by atoms with Crippen molar-refractivity contribution in [3.05, 3.63) is 35.2 Å². The van der Waals surface area contributed by atoms with E-state index < -0.39 is 40.4 Å². The molecule has 314 valence electrons. The summed E-state index contributed by atoms with van der Waals surface area (Å²) in [6.07, 6.45) is -5.42. The average molecular weight is 850 g/mol. The van der Waals surface area contributed by atoms with Gasteiger partial charge in [0, 0.05) is 44.0 Å². The zero-order valence-corrected chi connectivity index (χ0v) is 31.6. The van der Waals surface area contributed by atoms with Crippen molar-refractivity contribution in [3.8, 4) is 11.3 Å². The fourth-order valence-electron chi connectivity index (χ4n) is 6.50. The maximum Gasteiger partial charge on any atom is 0.490 e. The molecule has 4 heterocycles. The molecule has 3 saturated heterocycles. The second-order valence-electron chi connectivity index (χ2n) is 13.2. The van der Waals surface area contributed by atoms with E-state index in [9.17, 15) is 44.3 Å². The summed E-state index contributed by atoms with van der Waals surface area (Å²) >= 11 is 6.66. The van der Waals surface area contributed by atoms with Crippen LogP contribution in [-0.2, 0) is 24.3 Å². The lowest BCUT2D eigenvalue weighted by molar-refractivity contribution is -0.193. The highest BCUT2D eigenvalue weighted by Gasteiger charge is 2.44. The number of aromatic nitrogens is 2. The Hall–Kier alpha value is -4.35. The van der Waals surface area contributed by atoms with Gasteiger partial charge in [-0.1, -0.05) is 23.7 Å². The number of nitrogens with one attached hydrogen (secondary N) is 2. The highest BCUT2D eigenvalue weighted by Crippen LogP contribution is 2.43. The quantitative estimate of drug-likeness (QED) is 0.243. The molecule has 16 nitrogen and oxygen atoms in total. The number of nitrogens with two attached hydrogens (primary N) is 1. The van der Waals surface area contributed by atoms with Crippen LogP contribution in [0.3, 0.4) is 0 Å². The Kier molecular flexibility index (Phi) is 15.8. The van der Waals surface area contributed by atoms with E-state index in [-0.39, 0.29) is 18.0 Å². The van der Waals surface area contributed by atoms with E-state index in [0.29, 0.717) is 73.5 Å². The number of H-pyrrole nitrogens is 1. The Morgan fingerprint density at radius 3 is 1.91 bits per heavy atom. The lowest BCUT2D eigenvalue weighted by Crippen LogP contribution is -2.47. The molecule has 1 aromatic carbocycles. The van der Waals surface area contributed by atoms with Crippen molar-refractivity contribution < 1.29 is 68.9 Å². The van der Waals surface area contributed by atoms with Gasteiger partial charge in [0.2, 0.25) is 10.0 Å². The van der Waals surface area contributed by atoms with Crippen molar-refractivity contribution in [1.82, 2.24) is 24.1 Å². The molecule has 0 unspecified atom stereocenters. The molecule has 24 heteroatoms. The summed E-state index contributed by atoms with van der Waals surface area (Å²) < 4.78 is 93.8. The number of benzene rings is 1. The van der Waals surface area contributed by atoms with Gasteiger partial charge in [0.25, 0.3) is 0 Å². The number of carboxylic acids is 2. The fraction of sp³-hybridized carbons (Fsp3) is 0.594. The smallest absolute Gasteiger partial charge is 0.475 e. The summed E-state index contributed by atoms with van der Waals surface area (Å²) in [5.74, 6) is -3.91. The van der Waals surface area contributed by atoms with Crippen LogP contribution >= 0.6 is 11.6 Å². The number of alkyl halides is 6. The van der Waals surface area contributed by atoms with Crippen molar-refractivity contribution in [2.24, 2.45) is 23.5 Å². The number of rotatable bonds is 6. The number of imidazole rings is 1. The standard InChI is InChI=1S/C28H40ClN7O5S.2C2HF3O2/c1-41-27(37)31-22-5-3-20(4-6-22)24-25(29)33-26(32-24)23-15-21(19-9-13-35(14-10-19)42(2,39)40)17-36(23)28(38)34-11-7-18(16-30)8-12-34;2*3-2(4,5)1(6)7/h3-6,18-19,21,23H,7-17,30H2,1-2H3,(H,31,37)(H,32,33);2*(H,6,7)/t21-,23-;;/m0../s1. The topological polar surface area (TPSA) is 229 Å². The third kappa shape index (κ3) is 12.8. The first-order valence-electron chi connectivity index (χ1n) is 17.0. The van der Waals surface area contributed by atoms with Crippen LogP contribution < -0.4 is 11.1 Å². The second kappa shape index (κ2) is 19.2. The number of hydrogen-bond acceptors (Lipinski definition) is 9. The molecule has 5 rings (SSSR count). The Balaban J connectivity index is 0.000000512. The van der Waals surface area contributed by atoms with Crippen LogP contribution in [0.4, 0.5) is 41.6 Å². The molecule has 0 saturated carbocycles. The van der Waals surface area contributed by atoms with E-state index in [0.717, 1.165) is 37.7 Å². The monoisotopic (exact) mass is 849 g/mol. The van der Waals surface area contributed by atoms with Crippen LogP contribution in [0.2, 0.25) is 5.15 Å². The maximum absolute atomic E-state index is 13.9. The first kappa shape index (κ1) is 46.0. The van der Waals surface area contributed by atoms with Crippen molar-refractivity contribution in [2.45, 2.75) is 50.5 Å². The summed E-state index contributed by atoms with van der Waals surface area (Å²) in [6.45, 7) is 3.59. The minimum atomic E-state index is -5.08. The summed E-state index contributed by atoms with van der Waals surface area (Å²) in [4.78, 5) is 55.2. The molecule has 0 bridgehead atoms. The number of piperidine rings is 2. The van der Waals surface area contributed by atoms with E-state index in [2.05, 4.69) is 15.0 Å². The number of likely N-dealkylation sites (tertiary alicyclic amines) is 2. The van der Waals surface area contributed by atoms with Gasteiger partial charge in [0.1, 0.15) is 16.7 Å². The van der Waals surface area contributed by atoms with Gasteiger partial charge < -0.3 is 35.5 Å². The molecule has 0 spiro atoms. The van der Waals surface area contributed by atoms with Gasteiger partial charge in [0.15, 0.2) is 0 Å². The number of carbonyl (C=O) groups excluding carboxylic acids is 2. The Labute approximate surface area is 322 Å². The number of anilines is 1. The molecule has 3 aliphatic rings. The normalized spacial score (nSPS) is 20.0.